The Morgan fingerprint density at radius 3 is 2.74 bits per heavy atom. The van der Waals surface area contributed by atoms with E-state index in [0.717, 1.165) is 11.3 Å². The largest absolute Gasteiger partial charge is 0.497 e. The quantitative estimate of drug-likeness (QED) is 0.424. The molecule has 2 atom stereocenters. The molecule has 1 saturated heterocycles. The van der Waals surface area contributed by atoms with Gasteiger partial charge in [0.25, 0.3) is 0 Å². The van der Waals surface area contributed by atoms with Gasteiger partial charge in [0.15, 0.2) is 0 Å². The van der Waals surface area contributed by atoms with E-state index in [1.807, 2.05) is 12.1 Å². The van der Waals surface area contributed by atoms with Gasteiger partial charge in [-0.1, -0.05) is 24.3 Å². The van der Waals surface area contributed by atoms with E-state index in [-0.39, 0.29) is 36.0 Å². The van der Waals surface area contributed by atoms with E-state index in [0.29, 0.717) is 17.2 Å². The number of fused-ring (bicyclic) bond motifs is 1. The molecule has 0 aliphatic carbocycles. The van der Waals surface area contributed by atoms with Gasteiger partial charge in [-0.15, -0.1) is 35.8 Å². The topological polar surface area (TPSA) is 81.9 Å². The van der Waals surface area contributed by atoms with E-state index >= 15 is 0 Å². The first-order valence-electron chi connectivity index (χ1n) is 8.02. The van der Waals surface area contributed by atoms with Crippen LogP contribution >= 0.6 is 35.8 Å². The number of esters is 1. The number of rotatable bonds is 6. The zero-order valence-electron chi connectivity index (χ0n) is 14.6. The van der Waals surface area contributed by atoms with Crippen LogP contribution in [0.1, 0.15) is 5.56 Å². The van der Waals surface area contributed by atoms with Crippen LogP contribution in [0.5, 0.6) is 5.75 Å². The highest BCUT2D eigenvalue weighted by Crippen LogP contribution is 2.40. The van der Waals surface area contributed by atoms with Crippen LogP contribution in [0.2, 0.25) is 0 Å². The molecule has 6 nitrogen and oxygen atoms in total. The maximum Gasteiger partial charge on any atom is 0.355 e. The minimum Gasteiger partial charge on any atom is -0.497 e. The Morgan fingerprint density at radius 1 is 1.41 bits per heavy atom. The Labute approximate surface area is 173 Å². The maximum atomic E-state index is 12.7. The van der Waals surface area contributed by atoms with Crippen molar-refractivity contribution in [1.29, 1.82) is 0 Å². The van der Waals surface area contributed by atoms with Crippen molar-refractivity contribution in [3.8, 4) is 5.75 Å². The number of allylic oxidation sites excluding steroid dienone is 2. The molecule has 2 N–H and O–H groups in total. The van der Waals surface area contributed by atoms with Crippen molar-refractivity contribution in [3.63, 3.8) is 0 Å². The molecule has 0 aromatic heterocycles. The second-order valence-corrected chi connectivity index (χ2v) is 7.20. The second kappa shape index (κ2) is 9.50. The molecular weight excluding hydrogens is 411 g/mol. The first kappa shape index (κ1) is 21.6. The maximum absolute atomic E-state index is 12.7. The van der Waals surface area contributed by atoms with Gasteiger partial charge in [0.05, 0.1) is 7.11 Å². The van der Waals surface area contributed by atoms with Crippen molar-refractivity contribution in [3.05, 3.63) is 53.3 Å². The summed E-state index contributed by atoms with van der Waals surface area (Å²) in [6.45, 7) is 0.102. The highest BCUT2D eigenvalue weighted by atomic mass is 35.5. The number of nitrogens with two attached hydrogens (primary N) is 1. The summed E-state index contributed by atoms with van der Waals surface area (Å²) in [5, 5.41) is -0.223. The van der Waals surface area contributed by atoms with Crippen molar-refractivity contribution in [2.45, 2.75) is 18.0 Å². The molecule has 0 spiro atoms. The van der Waals surface area contributed by atoms with Crippen molar-refractivity contribution < 1.29 is 19.1 Å². The number of β-lactam (4-membered cyclic amide) rings is 1. The minimum atomic E-state index is -0.581. The lowest BCUT2D eigenvalue weighted by atomic mass is 10.0. The standard InChI is InChI=1S/C18H19ClN2O4S.ClH/c1-24-13-6-4-11(5-7-13)9-25-18(23)15-12(3-2-8-19)10-26-17-14(20)16(22)21(15)17;/h2-7,14,17H,8-10,20H2,1H3;1H/b3-2+;/t14-,17-;/m1./s1. The predicted octanol–water partition coefficient (Wildman–Crippen LogP) is 2.45. The van der Waals surface area contributed by atoms with Gasteiger partial charge >= 0.3 is 5.97 Å². The molecule has 0 unspecified atom stereocenters. The van der Waals surface area contributed by atoms with Crippen LogP contribution in [0, 0.1) is 0 Å². The lowest BCUT2D eigenvalue weighted by molar-refractivity contribution is -0.151. The van der Waals surface area contributed by atoms with Gasteiger partial charge in [-0.2, -0.15) is 0 Å². The van der Waals surface area contributed by atoms with E-state index < -0.39 is 12.0 Å². The molecule has 1 amide bonds. The zero-order valence-corrected chi connectivity index (χ0v) is 17.0. The zero-order chi connectivity index (χ0) is 18.7. The third-order valence-electron chi connectivity index (χ3n) is 4.17. The molecular formula is C18H20Cl2N2O4S. The Bertz CT molecular complexity index is 767. The third kappa shape index (κ3) is 4.43. The van der Waals surface area contributed by atoms with Crippen LogP contribution in [-0.4, -0.2) is 46.9 Å². The fourth-order valence-electron chi connectivity index (χ4n) is 2.78. The molecule has 0 bridgehead atoms. The Hall–Kier alpha value is -1.67. The highest BCUT2D eigenvalue weighted by molar-refractivity contribution is 8.00. The van der Waals surface area contributed by atoms with Gasteiger partial charge in [-0.05, 0) is 23.3 Å². The average Bonchev–Trinajstić information content (AvgIpc) is 2.69. The van der Waals surface area contributed by atoms with Crippen LogP contribution in [0.25, 0.3) is 0 Å². The molecule has 0 saturated carbocycles. The summed E-state index contributed by atoms with van der Waals surface area (Å²) in [6, 6.07) is 6.64. The number of ether oxygens (including phenoxy) is 2. The minimum absolute atomic E-state index is 0. The molecule has 1 fully saturated rings. The highest BCUT2D eigenvalue weighted by Gasteiger charge is 2.51. The fourth-order valence-corrected chi connectivity index (χ4v) is 4.14. The number of thioether (sulfide) groups is 1. The Kier molecular flexibility index (Phi) is 7.61. The number of amides is 1. The SMILES string of the molecule is COc1ccc(COC(=O)C2=C(/C=C/CCl)CS[C@@H]3[C@H](N)C(=O)N23)cc1.Cl. The molecule has 9 heteroatoms. The van der Waals surface area contributed by atoms with Crippen molar-refractivity contribution >= 4 is 47.6 Å². The smallest absolute Gasteiger partial charge is 0.355 e. The molecule has 1 aromatic carbocycles. The Morgan fingerprint density at radius 2 is 2.11 bits per heavy atom. The Balaban J connectivity index is 0.00000261. The molecule has 27 heavy (non-hydrogen) atoms. The first-order chi connectivity index (χ1) is 12.6. The normalized spacial score (nSPS) is 21.4. The summed E-state index contributed by atoms with van der Waals surface area (Å²) in [5.41, 5.74) is 7.64. The van der Waals surface area contributed by atoms with Crippen molar-refractivity contribution in [2.75, 3.05) is 18.7 Å². The van der Waals surface area contributed by atoms with E-state index in [1.165, 1.54) is 16.7 Å². The van der Waals surface area contributed by atoms with Crippen LogP contribution in [0.3, 0.4) is 0 Å². The molecule has 2 heterocycles. The average molecular weight is 431 g/mol. The molecule has 3 rings (SSSR count). The van der Waals surface area contributed by atoms with Gasteiger partial charge in [0, 0.05) is 11.6 Å². The van der Waals surface area contributed by atoms with Crippen molar-refractivity contribution in [1.82, 2.24) is 4.90 Å². The summed E-state index contributed by atoms with van der Waals surface area (Å²) in [7, 11) is 1.59. The number of halogens is 2. The number of hydrogen-bond donors (Lipinski definition) is 1. The third-order valence-corrected chi connectivity index (χ3v) is 5.67. The van der Waals surface area contributed by atoms with Gasteiger partial charge in [0.1, 0.15) is 29.5 Å². The number of methoxy groups -OCH3 is 1. The van der Waals surface area contributed by atoms with Crippen LogP contribution in [-0.2, 0) is 20.9 Å². The van der Waals surface area contributed by atoms with Crippen LogP contribution < -0.4 is 10.5 Å². The number of hydrogen-bond acceptors (Lipinski definition) is 6. The van der Waals surface area contributed by atoms with Crippen LogP contribution in [0.15, 0.2) is 47.7 Å². The summed E-state index contributed by atoms with van der Waals surface area (Å²) in [5.74, 6) is 0.807. The lowest BCUT2D eigenvalue weighted by Crippen LogP contribution is -2.68. The predicted molar refractivity (Wildman–Crippen MR) is 108 cm³/mol. The monoisotopic (exact) mass is 430 g/mol. The van der Waals surface area contributed by atoms with Crippen molar-refractivity contribution in [2.24, 2.45) is 5.73 Å². The van der Waals surface area contributed by atoms with Gasteiger partial charge in [-0.25, -0.2) is 4.79 Å². The number of alkyl halides is 1. The molecule has 0 radical (unpaired) electrons. The first-order valence-corrected chi connectivity index (χ1v) is 9.61. The fraction of sp³-hybridized carbons (Fsp3) is 0.333. The number of benzene rings is 1. The summed E-state index contributed by atoms with van der Waals surface area (Å²) in [4.78, 5) is 26.3. The number of nitrogens with zero attached hydrogens (tertiary/aromatic N) is 1. The molecule has 2 aliphatic heterocycles. The second-order valence-electron chi connectivity index (χ2n) is 5.79. The summed E-state index contributed by atoms with van der Waals surface area (Å²) in [6.07, 6.45) is 3.50. The number of carbonyl (C=O) groups excluding carboxylic acids is 2. The molecule has 1 aromatic rings. The van der Waals surface area contributed by atoms with E-state index in [2.05, 4.69) is 0 Å². The summed E-state index contributed by atoms with van der Waals surface area (Å²) < 4.78 is 10.5. The van der Waals surface area contributed by atoms with Gasteiger partial charge in [0.2, 0.25) is 5.91 Å². The van der Waals surface area contributed by atoms with Crippen LogP contribution in [0.4, 0.5) is 0 Å². The molecule has 2 aliphatic rings. The van der Waals surface area contributed by atoms with Gasteiger partial charge < -0.3 is 15.2 Å². The van der Waals surface area contributed by atoms with Gasteiger partial charge in [-0.3, -0.25) is 9.69 Å². The molecule has 146 valence electrons. The van der Waals surface area contributed by atoms with E-state index in [9.17, 15) is 9.59 Å². The number of carbonyl (C=O) groups is 2. The van der Waals surface area contributed by atoms with E-state index in [1.54, 1.807) is 31.4 Å². The van der Waals surface area contributed by atoms with E-state index in [4.69, 9.17) is 26.8 Å². The lowest BCUT2D eigenvalue weighted by Gasteiger charge is -2.48. The summed E-state index contributed by atoms with van der Waals surface area (Å²) >= 11 is 7.23.